The fraction of sp³-hybridized carbons (Fsp3) is 0.833. The molecule has 0 aromatic carbocycles. The number of carbonyl (C=O) groups is 2. The first kappa shape index (κ1) is 23.1. The minimum Gasteiger partial charge on any atom is -0.379 e. The predicted octanol–water partition coefficient (Wildman–Crippen LogP) is -0.723. The molecule has 0 aromatic heterocycles. The number of hydrogen-bond acceptors (Lipinski definition) is 5. The molecular formula is C18H33IN6O3. The average molecular weight is 508 g/mol. The van der Waals surface area contributed by atoms with Crippen molar-refractivity contribution >= 4 is 41.8 Å². The smallest absolute Gasteiger partial charge is 0.243 e. The summed E-state index contributed by atoms with van der Waals surface area (Å²) in [6.45, 7) is 7.59. The fourth-order valence-corrected chi connectivity index (χ4v) is 3.76. The number of halogens is 1. The second-order valence-electron chi connectivity index (χ2n) is 7.53. The van der Waals surface area contributed by atoms with Gasteiger partial charge in [-0.3, -0.25) is 14.5 Å². The van der Waals surface area contributed by atoms with E-state index in [9.17, 15) is 9.59 Å². The first-order chi connectivity index (χ1) is 13.0. The van der Waals surface area contributed by atoms with Crippen LogP contribution in [0.2, 0.25) is 0 Å². The van der Waals surface area contributed by atoms with Gasteiger partial charge in [0.25, 0.3) is 0 Å². The molecule has 1 unspecified atom stereocenters. The van der Waals surface area contributed by atoms with E-state index >= 15 is 0 Å². The number of likely N-dealkylation sites (N-methyl/N-ethyl adjacent to an activating group) is 1. The summed E-state index contributed by atoms with van der Waals surface area (Å²) in [6.07, 6.45) is 1.56. The molecule has 160 valence electrons. The SMILES string of the molecule is CN(C)C(=O)CN=C(NCCN1CCOCC1)N1CCN2C(=O)CCC2C1.I. The zero-order valence-electron chi connectivity index (χ0n) is 16.9. The van der Waals surface area contributed by atoms with Gasteiger partial charge in [-0.05, 0) is 6.42 Å². The van der Waals surface area contributed by atoms with Crippen LogP contribution in [0.25, 0.3) is 0 Å². The quantitative estimate of drug-likeness (QED) is 0.300. The Hall–Kier alpha value is -1.14. The summed E-state index contributed by atoms with van der Waals surface area (Å²) >= 11 is 0. The van der Waals surface area contributed by atoms with Gasteiger partial charge in [-0.2, -0.15) is 0 Å². The second-order valence-corrected chi connectivity index (χ2v) is 7.53. The topological polar surface area (TPSA) is 80.7 Å². The third kappa shape index (κ3) is 6.18. The van der Waals surface area contributed by atoms with Crippen molar-refractivity contribution < 1.29 is 14.3 Å². The monoisotopic (exact) mass is 508 g/mol. The van der Waals surface area contributed by atoms with Gasteiger partial charge in [-0.1, -0.05) is 0 Å². The van der Waals surface area contributed by atoms with E-state index in [0.717, 1.165) is 71.4 Å². The minimum absolute atomic E-state index is 0. The lowest BCUT2D eigenvalue weighted by molar-refractivity contribution is -0.130. The number of ether oxygens (including phenoxy) is 1. The van der Waals surface area contributed by atoms with E-state index in [-0.39, 0.29) is 48.4 Å². The van der Waals surface area contributed by atoms with Gasteiger partial charge in [0, 0.05) is 72.4 Å². The van der Waals surface area contributed by atoms with Crippen LogP contribution in [-0.4, -0.2) is 123 Å². The van der Waals surface area contributed by atoms with Crippen LogP contribution in [0.1, 0.15) is 12.8 Å². The summed E-state index contributed by atoms with van der Waals surface area (Å²) in [5.74, 6) is 1.02. The molecule has 3 heterocycles. The molecule has 2 amide bonds. The van der Waals surface area contributed by atoms with Crippen molar-refractivity contribution in [1.82, 2.24) is 24.9 Å². The molecule has 0 saturated carbocycles. The average Bonchev–Trinajstić information content (AvgIpc) is 3.05. The summed E-state index contributed by atoms with van der Waals surface area (Å²) in [5, 5.41) is 3.44. The van der Waals surface area contributed by atoms with Crippen LogP contribution in [0, 0.1) is 0 Å². The highest BCUT2D eigenvalue weighted by atomic mass is 127. The van der Waals surface area contributed by atoms with Gasteiger partial charge in [-0.25, -0.2) is 4.99 Å². The number of hydrogen-bond donors (Lipinski definition) is 1. The number of aliphatic imine (C=N–C) groups is 1. The third-order valence-corrected chi connectivity index (χ3v) is 5.47. The Bertz CT molecular complexity index is 568. The van der Waals surface area contributed by atoms with Crippen molar-refractivity contribution in [3.63, 3.8) is 0 Å². The number of amides is 2. The molecule has 1 N–H and O–H groups in total. The van der Waals surface area contributed by atoms with E-state index < -0.39 is 0 Å². The summed E-state index contributed by atoms with van der Waals surface area (Å²) in [7, 11) is 3.48. The number of fused-ring (bicyclic) bond motifs is 1. The van der Waals surface area contributed by atoms with Crippen molar-refractivity contribution in [1.29, 1.82) is 0 Å². The van der Waals surface area contributed by atoms with E-state index in [1.54, 1.807) is 19.0 Å². The van der Waals surface area contributed by atoms with E-state index in [1.807, 2.05) is 4.90 Å². The largest absolute Gasteiger partial charge is 0.379 e. The Morgan fingerprint density at radius 2 is 2.00 bits per heavy atom. The number of piperazine rings is 1. The molecule has 3 aliphatic rings. The Labute approximate surface area is 184 Å². The van der Waals surface area contributed by atoms with Crippen molar-refractivity contribution in [2.24, 2.45) is 4.99 Å². The number of guanidine groups is 1. The van der Waals surface area contributed by atoms with E-state index in [2.05, 4.69) is 20.1 Å². The van der Waals surface area contributed by atoms with Gasteiger partial charge in [0.05, 0.1) is 13.2 Å². The molecule has 3 fully saturated rings. The molecule has 1 atom stereocenters. The first-order valence-electron chi connectivity index (χ1n) is 9.87. The molecule has 3 saturated heterocycles. The molecule has 28 heavy (non-hydrogen) atoms. The Morgan fingerprint density at radius 1 is 1.25 bits per heavy atom. The van der Waals surface area contributed by atoms with E-state index in [1.165, 1.54) is 0 Å². The zero-order chi connectivity index (χ0) is 19.2. The third-order valence-electron chi connectivity index (χ3n) is 5.47. The highest BCUT2D eigenvalue weighted by Gasteiger charge is 2.36. The van der Waals surface area contributed by atoms with Crippen LogP contribution in [0.5, 0.6) is 0 Å². The van der Waals surface area contributed by atoms with Crippen LogP contribution in [0.15, 0.2) is 4.99 Å². The summed E-state index contributed by atoms with van der Waals surface area (Å²) in [4.78, 5) is 36.6. The van der Waals surface area contributed by atoms with Gasteiger partial charge in [0.15, 0.2) is 5.96 Å². The maximum Gasteiger partial charge on any atom is 0.243 e. The normalized spacial score (nSPS) is 23.3. The maximum atomic E-state index is 12.0. The molecule has 9 nitrogen and oxygen atoms in total. The van der Waals surface area contributed by atoms with E-state index in [4.69, 9.17) is 4.74 Å². The molecule has 3 rings (SSSR count). The van der Waals surface area contributed by atoms with Crippen LogP contribution in [-0.2, 0) is 14.3 Å². The molecule has 0 radical (unpaired) electrons. The van der Waals surface area contributed by atoms with Crippen molar-refractivity contribution in [3.8, 4) is 0 Å². The number of nitrogens with zero attached hydrogens (tertiary/aromatic N) is 5. The standard InChI is InChI=1S/C18H32N6O3.HI/c1-21(2)17(26)13-20-18(19-5-6-22-9-11-27-12-10-22)23-7-8-24-15(14-23)3-4-16(24)25;/h15H,3-14H2,1-2H3,(H,19,20);1H. The van der Waals surface area contributed by atoms with Crippen molar-refractivity contribution in [3.05, 3.63) is 0 Å². The Kier molecular flexibility index (Phi) is 9.22. The number of rotatable bonds is 5. The first-order valence-corrected chi connectivity index (χ1v) is 9.87. The van der Waals surface area contributed by atoms with Gasteiger partial charge in [0.1, 0.15) is 6.54 Å². The molecule has 0 bridgehead atoms. The Balaban J connectivity index is 0.00000280. The molecule has 0 aliphatic carbocycles. The lowest BCUT2D eigenvalue weighted by Crippen LogP contribution is -2.56. The van der Waals surface area contributed by atoms with E-state index in [0.29, 0.717) is 6.42 Å². The lowest BCUT2D eigenvalue weighted by atomic mass is 10.1. The predicted molar refractivity (Wildman–Crippen MR) is 118 cm³/mol. The van der Waals surface area contributed by atoms with Crippen LogP contribution in [0.4, 0.5) is 0 Å². The molecule has 0 aromatic rings. The zero-order valence-corrected chi connectivity index (χ0v) is 19.3. The molecular weight excluding hydrogens is 475 g/mol. The number of morpholine rings is 1. The molecule has 3 aliphatic heterocycles. The summed E-state index contributed by atoms with van der Waals surface area (Å²) < 4.78 is 5.39. The summed E-state index contributed by atoms with van der Waals surface area (Å²) in [6, 6.07) is 0.266. The highest BCUT2D eigenvalue weighted by molar-refractivity contribution is 14.0. The van der Waals surface area contributed by atoms with Crippen LogP contribution < -0.4 is 5.32 Å². The molecule has 10 heteroatoms. The van der Waals surface area contributed by atoms with Crippen molar-refractivity contribution in [2.75, 3.05) is 79.7 Å². The second kappa shape index (κ2) is 11.1. The fourth-order valence-electron chi connectivity index (χ4n) is 3.76. The minimum atomic E-state index is -0.0165. The lowest BCUT2D eigenvalue weighted by Gasteiger charge is -2.39. The Morgan fingerprint density at radius 3 is 2.71 bits per heavy atom. The molecule has 0 spiro atoms. The van der Waals surface area contributed by atoms with Crippen molar-refractivity contribution in [2.45, 2.75) is 18.9 Å². The van der Waals surface area contributed by atoms with Gasteiger partial charge in [0.2, 0.25) is 11.8 Å². The number of carbonyl (C=O) groups excluding carboxylic acids is 2. The van der Waals surface area contributed by atoms with Gasteiger partial charge >= 0.3 is 0 Å². The highest BCUT2D eigenvalue weighted by Crippen LogP contribution is 2.22. The maximum absolute atomic E-state index is 12.0. The van der Waals surface area contributed by atoms with Gasteiger partial charge in [-0.15, -0.1) is 24.0 Å². The number of nitrogens with one attached hydrogen (secondary N) is 1. The van der Waals surface area contributed by atoms with Gasteiger partial charge < -0.3 is 24.8 Å². The summed E-state index contributed by atoms with van der Waals surface area (Å²) in [5.41, 5.74) is 0. The van der Waals surface area contributed by atoms with Crippen LogP contribution in [0.3, 0.4) is 0 Å². The van der Waals surface area contributed by atoms with Crippen LogP contribution >= 0.6 is 24.0 Å².